The normalized spacial score (nSPS) is 22.6. The van der Waals surface area contributed by atoms with Crippen molar-refractivity contribution >= 4 is 0 Å². The fraction of sp³-hybridized carbons (Fsp3) is 0.750. The Kier molecular flexibility index (Phi) is 3.61. The zero-order valence-electron chi connectivity index (χ0n) is 10.0. The molecule has 2 atom stereocenters. The first-order chi connectivity index (χ1) is 7.70. The molecule has 1 aromatic heterocycles. The van der Waals surface area contributed by atoms with E-state index in [1.807, 2.05) is 11.6 Å². The van der Waals surface area contributed by atoms with Gasteiger partial charge in [0.05, 0.1) is 18.4 Å². The minimum Gasteiger partial charge on any atom is -0.392 e. The first kappa shape index (κ1) is 11.6. The van der Waals surface area contributed by atoms with Gasteiger partial charge in [0.2, 0.25) is 0 Å². The highest BCUT2D eigenvalue weighted by Crippen LogP contribution is 2.20. The second-order valence-corrected chi connectivity index (χ2v) is 4.49. The number of aliphatic hydroxyl groups is 1. The van der Waals surface area contributed by atoms with Gasteiger partial charge in [0.25, 0.3) is 0 Å². The summed E-state index contributed by atoms with van der Waals surface area (Å²) in [5.74, 6) is 0.292. The average molecular weight is 224 g/mol. The Morgan fingerprint density at radius 2 is 2.50 bits per heavy atom. The van der Waals surface area contributed by atoms with Gasteiger partial charge in [-0.15, -0.1) is 0 Å². The zero-order chi connectivity index (χ0) is 11.5. The number of hydrogen-bond donors (Lipinski definition) is 1. The fourth-order valence-corrected chi connectivity index (χ4v) is 2.27. The van der Waals surface area contributed by atoms with Crippen molar-refractivity contribution in [2.75, 3.05) is 13.2 Å². The molecule has 1 aromatic rings. The molecular formula is C12H20N2O2. The Balaban J connectivity index is 2.01. The van der Waals surface area contributed by atoms with E-state index < -0.39 is 0 Å². The van der Waals surface area contributed by atoms with Gasteiger partial charge >= 0.3 is 0 Å². The van der Waals surface area contributed by atoms with E-state index in [1.54, 1.807) is 0 Å². The van der Waals surface area contributed by atoms with E-state index >= 15 is 0 Å². The molecule has 0 spiro atoms. The van der Waals surface area contributed by atoms with Crippen LogP contribution in [0.3, 0.4) is 0 Å². The molecule has 4 nitrogen and oxygen atoms in total. The van der Waals surface area contributed by atoms with Gasteiger partial charge in [0.1, 0.15) is 0 Å². The Morgan fingerprint density at radius 3 is 3.12 bits per heavy atom. The van der Waals surface area contributed by atoms with E-state index in [9.17, 15) is 5.11 Å². The van der Waals surface area contributed by atoms with E-state index in [0.717, 1.165) is 31.0 Å². The molecule has 2 heterocycles. The van der Waals surface area contributed by atoms with E-state index in [-0.39, 0.29) is 6.10 Å². The standard InChI is InChI=1S/C12H20N2O2/c1-3-14-11(6-9(2)13-14)7-12(15)10-4-5-16-8-10/h6,10,12,15H,3-5,7-8H2,1-2H3. The second-order valence-electron chi connectivity index (χ2n) is 4.49. The van der Waals surface area contributed by atoms with Crippen molar-refractivity contribution < 1.29 is 9.84 Å². The van der Waals surface area contributed by atoms with Gasteiger partial charge in [0, 0.05) is 31.2 Å². The zero-order valence-corrected chi connectivity index (χ0v) is 10.0. The highest BCUT2D eigenvalue weighted by atomic mass is 16.5. The third-order valence-corrected chi connectivity index (χ3v) is 3.21. The van der Waals surface area contributed by atoms with Crippen LogP contribution in [0.15, 0.2) is 6.07 Å². The summed E-state index contributed by atoms with van der Waals surface area (Å²) in [6, 6.07) is 2.06. The van der Waals surface area contributed by atoms with Crippen molar-refractivity contribution in [2.45, 2.75) is 39.3 Å². The third kappa shape index (κ3) is 2.44. The van der Waals surface area contributed by atoms with Crippen LogP contribution in [-0.2, 0) is 17.7 Å². The van der Waals surface area contributed by atoms with Crippen LogP contribution in [0.5, 0.6) is 0 Å². The summed E-state index contributed by atoms with van der Waals surface area (Å²) in [5, 5.41) is 14.5. The molecule has 90 valence electrons. The van der Waals surface area contributed by atoms with E-state index in [2.05, 4.69) is 18.1 Å². The van der Waals surface area contributed by atoms with Crippen molar-refractivity contribution in [3.05, 3.63) is 17.5 Å². The molecule has 2 rings (SSSR count). The molecule has 2 unspecified atom stereocenters. The van der Waals surface area contributed by atoms with Gasteiger partial charge in [0.15, 0.2) is 0 Å². The van der Waals surface area contributed by atoms with Crippen LogP contribution in [0.1, 0.15) is 24.7 Å². The van der Waals surface area contributed by atoms with Crippen molar-refractivity contribution in [1.82, 2.24) is 9.78 Å². The summed E-state index contributed by atoms with van der Waals surface area (Å²) < 4.78 is 7.26. The molecule has 16 heavy (non-hydrogen) atoms. The lowest BCUT2D eigenvalue weighted by Gasteiger charge is -2.16. The number of aliphatic hydroxyl groups excluding tert-OH is 1. The molecule has 0 amide bonds. The summed E-state index contributed by atoms with van der Waals surface area (Å²) in [5.41, 5.74) is 2.14. The topological polar surface area (TPSA) is 47.3 Å². The molecule has 0 aliphatic carbocycles. The second kappa shape index (κ2) is 4.97. The number of nitrogens with zero attached hydrogens (tertiary/aromatic N) is 2. The van der Waals surface area contributed by atoms with Crippen molar-refractivity contribution in [2.24, 2.45) is 5.92 Å². The molecule has 0 radical (unpaired) electrons. The molecule has 0 bridgehead atoms. The highest BCUT2D eigenvalue weighted by Gasteiger charge is 2.25. The number of aromatic nitrogens is 2. The van der Waals surface area contributed by atoms with Crippen molar-refractivity contribution in [3.63, 3.8) is 0 Å². The Labute approximate surface area is 96.2 Å². The third-order valence-electron chi connectivity index (χ3n) is 3.21. The maximum absolute atomic E-state index is 10.1. The van der Waals surface area contributed by atoms with Crippen LogP contribution in [0.25, 0.3) is 0 Å². The lowest BCUT2D eigenvalue weighted by Crippen LogP contribution is -2.24. The molecule has 1 saturated heterocycles. The van der Waals surface area contributed by atoms with Gasteiger partial charge in [-0.1, -0.05) is 0 Å². The summed E-state index contributed by atoms with van der Waals surface area (Å²) in [6.45, 7) is 6.40. The predicted octanol–water partition coefficient (Wildman–Crippen LogP) is 1.15. The quantitative estimate of drug-likeness (QED) is 0.834. The van der Waals surface area contributed by atoms with Crippen molar-refractivity contribution in [1.29, 1.82) is 0 Å². The molecule has 0 aromatic carbocycles. The lowest BCUT2D eigenvalue weighted by atomic mass is 9.98. The lowest BCUT2D eigenvalue weighted by molar-refractivity contribution is 0.0902. The van der Waals surface area contributed by atoms with Gasteiger partial charge in [-0.3, -0.25) is 4.68 Å². The van der Waals surface area contributed by atoms with Crippen LogP contribution in [-0.4, -0.2) is 34.2 Å². The van der Waals surface area contributed by atoms with Gasteiger partial charge in [-0.05, 0) is 26.3 Å². The molecule has 0 saturated carbocycles. The Bertz CT molecular complexity index is 343. The van der Waals surface area contributed by atoms with E-state index in [4.69, 9.17) is 4.74 Å². The molecule has 1 aliphatic heterocycles. The fourth-order valence-electron chi connectivity index (χ4n) is 2.27. The summed E-state index contributed by atoms with van der Waals surface area (Å²) in [6.07, 6.45) is 1.35. The summed E-state index contributed by atoms with van der Waals surface area (Å²) in [4.78, 5) is 0. The summed E-state index contributed by atoms with van der Waals surface area (Å²) in [7, 11) is 0. The largest absolute Gasteiger partial charge is 0.392 e. The van der Waals surface area contributed by atoms with E-state index in [0.29, 0.717) is 18.9 Å². The molecule has 1 aliphatic rings. The van der Waals surface area contributed by atoms with Gasteiger partial charge in [-0.25, -0.2) is 0 Å². The van der Waals surface area contributed by atoms with Crippen LogP contribution in [0.4, 0.5) is 0 Å². The molecule has 4 heteroatoms. The molecule has 1 N–H and O–H groups in total. The first-order valence-corrected chi connectivity index (χ1v) is 6.00. The first-order valence-electron chi connectivity index (χ1n) is 6.00. The van der Waals surface area contributed by atoms with Crippen molar-refractivity contribution in [3.8, 4) is 0 Å². The van der Waals surface area contributed by atoms with Crippen LogP contribution >= 0.6 is 0 Å². The maximum Gasteiger partial charge on any atom is 0.0646 e. The minimum atomic E-state index is -0.302. The van der Waals surface area contributed by atoms with Gasteiger partial charge < -0.3 is 9.84 Å². The number of hydrogen-bond acceptors (Lipinski definition) is 3. The predicted molar refractivity (Wildman–Crippen MR) is 61.3 cm³/mol. The van der Waals surface area contributed by atoms with Gasteiger partial charge in [-0.2, -0.15) is 5.10 Å². The minimum absolute atomic E-state index is 0.292. The highest BCUT2D eigenvalue weighted by molar-refractivity contribution is 5.10. The smallest absolute Gasteiger partial charge is 0.0646 e. The Morgan fingerprint density at radius 1 is 1.69 bits per heavy atom. The number of rotatable bonds is 4. The molecular weight excluding hydrogens is 204 g/mol. The van der Waals surface area contributed by atoms with Crippen LogP contribution < -0.4 is 0 Å². The Hall–Kier alpha value is -0.870. The average Bonchev–Trinajstić information content (AvgIpc) is 2.87. The maximum atomic E-state index is 10.1. The van der Waals surface area contributed by atoms with Crippen LogP contribution in [0.2, 0.25) is 0 Å². The SMILES string of the molecule is CCn1nc(C)cc1CC(O)C1CCOC1. The molecule has 1 fully saturated rings. The summed E-state index contributed by atoms with van der Waals surface area (Å²) >= 11 is 0. The number of aryl methyl sites for hydroxylation is 2. The van der Waals surface area contributed by atoms with Crippen LogP contribution in [0, 0.1) is 12.8 Å². The number of ether oxygens (including phenoxy) is 1. The van der Waals surface area contributed by atoms with E-state index in [1.165, 1.54) is 0 Å². The monoisotopic (exact) mass is 224 g/mol.